The molecule has 0 N–H and O–H groups in total. The molecule has 0 spiro atoms. The molecule has 0 atom stereocenters. The van der Waals surface area contributed by atoms with Crippen LogP contribution in [0, 0.1) is 13.3 Å². The van der Waals surface area contributed by atoms with Crippen molar-refractivity contribution in [1.82, 2.24) is 24.3 Å². The van der Waals surface area contributed by atoms with E-state index in [0.717, 1.165) is 18.1 Å². The van der Waals surface area contributed by atoms with Gasteiger partial charge in [-0.05, 0) is 12.1 Å². The average molecular weight is 714 g/mol. The van der Waals surface area contributed by atoms with Gasteiger partial charge in [-0.2, -0.15) is 11.5 Å². The third-order valence-electron chi connectivity index (χ3n) is 2.16. The molecule has 0 fully saturated rings. The first-order valence-corrected chi connectivity index (χ1v) is 11.9. The minimum Gasteiger partial charge on any atom is -0.418 e. The summed E-state index contributed by atoms with van der Waals surface area (Å²) in [5, 5.41) is 4.13. The summed E-state index contributed by atoms with van der Waals surface area (Å²) in [6.45, 7) is 5.50. The Bertz CT molecular complexity index is 554. The van der Waals surface area contributed by atoms with Gasteiger partial charge in [-0.25, -0.2) is 4.68 Å². The molecule has 23 heavy (non-hydrogen) atoms. The Morgan fingerprint density at radius 2 is 1.74 bits per heavy atom. The monoisotopic (exact) mass is 713 g/mol. The fraction of sp³-hybridized carbons (Fsp3) is 0.143. The first-order valence-electron chi connectivity index (χ1n) is 6.26. The number of rotatable bonds is 2. The molecule has 0 amide bonds. The average Bonchev–Trinajstić information content (AvgIpc) is 3.33. The Kier molecular flexibility index (Phi) is 14.8. The van der Waals surface area contributed by atoms with Crippen LogP contribution in [0.25, 0.3) is 11.6 Å². The molecule has 0 aliphatic heterocycles. The van der Waals surface area contributed by atoms with E-state index >= 15 is 0 Å². The van der Waals surface area contributed by atoms with E-state index < -0.39 is 0 Å². The molecular formula is C14H15Cl2N5Pt2. The molecule has 0 radical (unpaired) electrons. The van der Waals surface area contributed by atoms with E-state index in [0.29, 0.717) is 0 Å². The molecule has 130 valence electrons. The van der Waals surface area contributed by atoms with Gasteiger partial charge in [0.2, 0.25) is 0 Å². The third-order valence-corrected chi connectivity index (χ3v) is 2.16. The van der Waals surface area contributed by atoms with E-state index in [9.17, 15) is 0 Å². The minimum absolute atomic E-state index is 0.768. The summed E-state index contributed by atoms with van der Waals surface area (Å²) in [5.41, 5.74) is 0. The molecule has 9 heteroatoms. The summed E-state index contributed by atoms with van der Waals surface area (Å²) in [4.78, 5) is 8.32. The van der Waals surface area contributed by atoms with Crippen LogP contribution in [0.2, 0.25) is 0 Å². The van der Waals surface area contributed by atoms with Gasteiger partial charge in [0.1, 0.15) is 5.82 Å². The first kappa shape index (κ1) is 22.5. The second-order valence-electron chi connectivity index (χ2n) is 3.70. The topological polar surface area (TPSA) is 48.5 Å². The number of hydrogen-bond donors (Lipinski definition) is 0. The Morgan fingerprint density at radius 1 is 1.09 bits per heavy atom. The van der Waals surface area contributed by atoms with Crippen LogP contribution in [0.3, 0.4) is 0 Å². The van der Waals surface area contributed by atoms with Gasteiger partial charge < -0.3 is 16.5 Å². The van der Waals surface area contributed by atoms with E-state index in [1.54, 1.807) is 65.4 Å². The van der Waals surface area contributed by atoms with Crippen LogP contribution < -0.4 is 0 Å². The van der Waals surface area contributed by atoms with Crippen molar-refractivity contribution in [2.75, 3.05) is 0 Å². The fourth-order valence-electron chi connectivity index (χ4n) is 1.43. The normalized spacial score (nSPS) is 8.70. The zero-order valence-electron chi connectivity index (χ0n) is 12.2. The maximum atomic E-state index is 4.61. The van der Waals surface area contributed by atoms with E-state index in [2.05, 4.69) is 47.2 Å². The van der Waals surface area contributed by atoms with Gasteiger partial charge >= 0.3 is 56.4 Å². The number of hydrogen-bond acceptors (Lipinski definition) is 3. The van der Waals surface area contributed by atoms with Crippen LogP contribution in [0.4, 0.5) is 0 Å². The number of pyridine rings is 1. The smallest absolute Gasteiger partial charge is 0.145 e. The molecule has 5 nitrogen and oxygen atoms in total. The van der Waals surface area contributed by atoms with Crippen molar-refractivity contribution < 1.29 is 37.5 Å². The largest absolute Gasteiger partial charge is 0.418 e. The molecule has 0 aromatic carbocycles. The van der Waals surface area contributed by atoms with Gasteiger partial charge in [0.05, 0.1) is 5.82 Å². The van der Waals surface area contributed by atoms with E-state index in [1.165, 1.54) is 0 Å². The minimum atomic E-state index is 0.768. The van der Waals surface area contributed by atoms with Crippen molar-refractivity contribution >= 4 is 18.8 Å². The first-order chi connectivity index (χ1) is 11.3. The maximum absolute atomic E-state index is 4.61. The third kappa shape index (κ3) is 8.26. The number of aromatic nitrogens is 5. The van der Waals surface area contributed by atoms with Gasteiger partial charge in [-0.1, -0.05) is 31.5 Å². The van der Waals surface area contributed by atoms with Crippen molar-refractivity contribution in [3.05, 3.63) is 62.3 Å². The molecule has 0 saturated heterocycles. The van der Waals surface area contributed by atoms with Crippen LogP contribution in [0.1, 0.15) is 13.3 Å². The predicted octanol–water partition coefficient (Wildman–Crippen LogP) is 3.86. The molecule has 0 saturated carbocycles. The molecule has 0 aliphatic rings. The summed E-state index contributed by atoms with van der Waals surface area (Å²) in [7, 11) is 9.22. The van der Waals surface area contributed by atoms with Gasteiger partial charge in [0, 0.05) is 18.7 Å². The number of halogens is 2. The molecule has 0 unspecified atom stereocenters. The van der Waals surface area contributed by atoms with Crippen LogP contribution in [-0.2, 0) is 37.5 Å². The zero-order valence-corrected chi connectivity index (χ0v) is 18.2. The Hall–Kier alpha value is -0.473. The maximum Gasteiger partial charge on any atom is 0.145 e. The van der Waals surface area contributed by atoms with Gasteiger partial charge in [-0.3, -0.25) is 4.98 Å². The molecule has 0 bridgehead atoms. The van der Waals surface area contributed by atoms with Crippen molar-refractivity contribution in [3.63, 3.8) is 0 Å². The van der Waals surface area contributed by atoms with E-state index in [4.69, 9.17) is 0 Å². The van der Waals surface area contributed by atoms with Crippen molar-refractivity contribution in [3.8, 4) is 11.6 Å². The SMILES string of the molecule is [CH2-]CC.[Cl][Pt+].[Cl][Pt+].[c-]1nccn1-c1cccc(-n2cccn2)n1. The van der Waals surface area contributed by atoms with Gasteiger partial charge in [-0.15, -0.1) is 0 Å². The van der Waals surface area contributed by atoms with Crippen LogP contribution in [0.5, 0.6) is 0 Å². The number of nitrogens with zero attached hydrogens (tertiary/aromatic N) is 5. The zero-order chi connectivity index (χ0) is 17.5. The summed E-state index contributed by atoms with van der Waals surface area (Å²) in [6.07, 6.45) is 10.8. The van der Waals surface area contributed by atoms with Gasteiger partial charge in [0.15, 0.2) is 0 Å². The summed E-state index contributed by atoms with van der Waals surface area (Å²) < 4.78 is 3.44. The Labute approximate surface area is 167 Å². The summed E-state index contributed by atoms with van der Waals surface area (Å²) in [5.74, 6) is 1.54. The Morgan fingerprint density at radius 3 is 2.26 bits per heavy atom. The fourth-order valence-corrected chi connectivity index (χ4v) is 1.43. The van der Waals surface area contributed by atoms with Crippen molar-refractivity contribution in [2.45, 2.75) is 13.3 Å². The Balaban J connectivity index is 0.000000609. The molecule has 3 heterocycles. The molecule has 3 aromatic rings. The van der Waals surface area contributed by atoms with E-state index in [1.807, 2.05) is 37.4 Å². The van der Waals surface area contributed by atoms with Crippen LogP contribution >= 0.6 is 18.8 Å². The van der Waals surface area contributed by atoms with Crippen molar-refractivity contribution in [2.24, 2.45) is 0 Å². The second kappa shape index (κ2) is 15.1. The standard InChI is InChI=1S/C11H8N5.C3H7.2ClH.2Pt/c1-3-10(15-8-6-12-9-15)14-11(4-1)16-7-2-5-13-16;1-3-2;;;;/h1-8H;1,3H2,2H3;2*1H;;/q2*-1;;;2*+2/p-2. The van der Waals surface area contributed by atoms with Crippen LogP contribution in [0.15, 0.2) is 49.1 Å². The van der Waals surface area contributed by atoms with Crippen molar-refractivity contribution in [1.29, 1.82) is 0 Å². The van der Waals surface area contributed by atoms with Gasteiger partial charge in [0.25, 0.3) is 0 Å². The van der Waals surface area contributed by atoms with E-state index in [-0.39, 0.29) is 0 Å². The molecule has 3 aromatic heterocycles. The summed E-state index contributed by atoms with van der Waals surface area (Å²) >= 11 is 3.22. The quantitative estimate of drug-likeness (QED) is 0.380. The second-order valence-corrected chi connectivity index (χ2v) is 3.70. The molecule has 0 aliphatic carbocycles. The number of imidazole rings is 1. The predicted molar refractivity (Wildman–Crippen MR) is 84.7 cm³/mol. The van der Waals surface area contributed by atoms with Crippen LogP contribution in [-0.4, -0.2) is 24.3 Å². The summed E-state index contributed by atoms with van der Waals surface area (Å²) in [6, 6.07) is 7.57. The molecule has 3 rings (SSSR count). The molecular weight excluding hydrogens is 699 g/mol.